The number of carbonyl (C=O) groups is 4. The van der Waals surface area contributed by atoms with Crippen molar-refractivity contribution >= 4 is 23.8 Å². The molecule has 10 nitrogen and oxygen atoms in total. The lowest BCUT2D eigenvalue weighted by molar-refractivity contribution is -0.146. The quantitative estimate of drug-likeness (QED) is 0.339. The Bertz CT molecular complexity index is 980. The number of phenols is 1. The number of primary amides is 1. The van der Waals surface area contributed by atoms with Crippen molar-refractivity contribution in [3.63, 3.8) is 0 Å². The number of hydrogen-bond acceptors (Lipinski definition) is 6. The number of rotatable bonds is 11. The van der Waals surface area contributed by atoms with Crippen LogP contribution in [0.25, 0.3) is 0 Å². The van der Waals surface area contributed by atoms with Crippen LogP contribution >= 0.6 is 0 Å². The number of phenolic OH excluding ortho intramolecular Hbond substituents is 1. The number of carbonyl (C=O) groups excluding carboxylic acids is 4. The summed E-state index contributed by atoms with van der Waals surface area (Å²) < 4.78 is 5.31. The summed E-state index contributed by atoms with van der Waals surface area (Å²) in [5.74, 6) is -1.68. The van der Waals surface area contributed by atoms with Crippen molar-refractivity contribution in [2.75, 3.05) is 0 Å². The predicted molar refractivity (Wildman–Crippen MR) is 146 cm³/mol. The number of nitrogens with two attached hydrogens (primary N) is 1. The van der Waals surface area contributed by atoms with Gasteiger partial charge in [-0.1, -0.05) is 26.0 Å². The fourth-order valence-corrected chi connectivity index (χ4v) is 3.91. The zero-order valence-electron chi connectivity index (χ0n) is 24.3. The summed E-state index contributed by atoms with van der Waals surface area (Å²) in [5, 5.41) is 15.6. The molecule has 0 saturated carbocycles. The van der Waals surface area contributed by atoms with Gasteiger partial charge in [-0.25, -0.2) is 4.79 Å². The van der Waals surface area contributed by atoms with Crippen molar-refractivity contribution in [3.05, 3.63) is 29.8 Å². The Morgan fingerprint density at radius 3 is 2.11 bits per heavy atom. The maximum atomic E-state index is 14.1. The molecular weight excluding hydrogens is 488 g/mol. The van der Waals surface area contributed by atoms with Gasteiger partial charge in [-0.05, 0) is 84.9 Å². The number of nitrogens with one attached hydrogen (secondary N) is 2. The molecular formula is C28H46N4O6. The third-order valence-corrected chi connectivity index (χ3v) is 5.50. The van der Waals surface area contributed by atoms with E-state index in [0.29, 0.717) is 17.9 Å². The fourth-order valence-electron chi connectivity index (χ4n) is 3.91. The molecule has 0 saturated heterocycles. The average molecular weight is 535 g/mol. The molecule has 1 rings (SSSR count). The lowest BCUT2D eigenvalue weighted by atomic mass is 9.96. The van der Waals surface area contributed by atoms with E-state index in [-0.39, 0.29) is 5.75 Å². The Hall–Kier alpha value is -3.30. The van der Waals surface area contributed by atoms with E-state index in [1.54, 1.807) is 32.9 Å². The molecule has 0 aliphatic heterocycles. The molecule has 5 N–H and O–H groups in total. The smallest absolute Gasteiger partial charge is 0.408 e. The third kappa shape index (κ3) is 11.4. The molecule has 3 atom stereocenters. The van der Waals surface area contributed by atoms with Gasteiger partial charge in [0.25, 0.3) is 0 Å². The first kappa shape index (κ1) is 32.7. The van der Waals surface area contributed by atoms with E-state index in [2.05, 4.69) is 24.5 Å². The SMILES string of the molecule is CC(C)CCC(C)N(C(=O)C(CC(N)=O)NC(=O)OC(C)(C)C)C(C(=O)NC(C)(C)C)c1cccc(O)c1. The van der Waals surface area contributed by atoms with Crippen LogP contribution < -0.4 is 16.4 Å². The summed E-state index contributed by atoms with van der Waals surface area (Å²) in [6.07, 6.45) is -0.0606. The van der Waals surface area contributed by atoms with Crippen LogP contribution in [0.1, 0.15) is 93.2 Å². The molecule has 0 fully saturated rings. The minimum atomic E-state index is -1.37. The maximum absolute atomic E-state index is 14.1. The summed E-state index contributed by atoms with van der Waals surface area (Å²) >= 11 is 0. The Morgan fingerprint density at radius 2 is 1.63 bits per heavy atom. The lowest BCUT2D eigenvalue weighted by Gasteiger charge is -2.39. The van der Waals surface area contributed by atoms with Gasteiger partial charge in [0.1, 0.15) is 23.4 Å². The van der Waals surface area contributed by atoms with Gasteiger partial charge >= 0.3 is 6.09 Å². The summed E-state index contributed by atoms with van der Waals surface area (Å²) in [5.41, 5.74) is 4.36. The molecule has 3 unspecified atom stereocenters. The largest absolute Gasteiger partial charge is 0.508 e. The van der Waals surface area contributed by atoms with Gasteiger partial charge in [0.05, 0.1) is 6.42 Å². The topological polar surface area (TPSA) is 151 Å². The number of benzene rings is 1. The van der Waals surface area contributed by atoms with Gasteiger partial charge in [-0.3, -0.25) is 14.4 Å². The monoisotopic (exact) mass is 534 g/mol. The van der Waals surface area contributed by atoms with Crippen LogP contribution in [0.3, 0.4) is 0 Å². The second kappa shape index (κ2) is 13.5. The highest BCUT2D eigenvalue weighted by atomic mass is 16.6. The van der Waals surface area contributed by atoms with Crippen LogP contribution in [-0.4, -0.2) is 57.0 Å². The van der Waals surface area contributed by atoms with E-state index in [1.165, 1.54) is 17.0 Å². The van der Waals surface area contributed by atoms with Crippen molar-refractivity contribution in [1.82, 2.24) is 15.5 Å². The number of aromatic hydroxyl groups is 1. The number of hydrogen-bond donors (Lipinski definition) is 4. The molecule has 0 spiro atoms. The Balaban J connectivity index is 3.67. The van der Waals surface area contributed by atoms with Crippen molar-refractivity contribution in [1.29, 1.82) is 0 Å². The zero-order valence-corrected chi connectivity index (χ0v) is 24.3. The molecule has 4 amide bonds. The molecule has 0 aromatic heterocycles. The van der Waals surface area contributed by atoms with Crippen LogP contribution in [0.15, 0.2) is 24.3 Å². The number of nitrogens with zero attached hydrogens (tertiary/aromatic N) is 1. The lowest BCUT2D eigenvalue weighted by Crippen LogP contribution is -2.57. The Kier molecular flexibility index (Phi) is 11.6. The highest BCUT2D eigenvalue weighted by Crippen LogP contribution is 2.30. The fraction of sp³-hybridized carbons (Fsp3) is 0.643. The van der Waals surface area contributed by atoms with Crippen molar-refractivity contribution < 1.29 is 29.0 Å². The normalized spacial score (nSPS) is 14.3. The maximum Gasteiger partial charge on any atom is 0.408 e. The summed E-state index contributed by atoms with van der Waals surface area (Å²) in [6, 6.07) is 3.12. The Labute approximate surface area is 226 Å². The molecule has 10 heteroatoms. The van der Waals surface area contributed by atoms with Crippen molar-refractivity contribution in [2.24, 2.45) is 11.7 Å². The molecule has 1 aromatic rings. The van der Waals surface area contributed by atoms with E-state index in [4.69, 9.17) is 10.5 Å². The van der Waals surface area contributed by atoms with Crippen LogP contribution in [0.2, 0.25) is 0 Å². The van der Waals surface area contributed by atoms with E-state index < -0.39 is 59.5 Å². The molecule has 0 aliphatic carbocycles. The third-order valence-electron chi connectivity index (χ3n) is 5.50. The van der Waals surface area contributed by atoms with Crippen molar-refractivity contribution in [3.8, 4) is 5.75 Å². The van der Waals surface area contributed by atoms with Gasteiger partial charge in [-0.2, -0.15) is 0 Å². The number of ether oxygens (including phenoxy) is 1. The van der Waals surface area contributed by atoms with E-state index in [1.807, 2.05) is 27.7 Å². The van der Waals surface area contributed by atoms with Crippen LogP contribution in [0, 0.1) is 5.92 Å². The molecule has 0 aliphatic rings. The predicted octanol–water partition coefficient (Wildman–Crippen LogP) is 3.77. The summed E-state index contributed by atoms with van der Waals surface area (Å²) in [6.45, 7) is 16.4. The van der Waals surface area contributed by atoms with Gasteiger partial charge in [0.15, 0.2) is 0 Å². The molecule has 0 heterocycles. The minimum Gasteiger partial charge on any atom is -0.508 e. The van der Waals surface area contributed by atoms with Gasteiger partial charge in [0.2, 0.25) is 17.7 Å². The average Bonchev–Trinajstić information content (AvgIpc) is 2.71. The zero-order chi connectivity index (χ0) is 29.4. The standard InChI is InChI=1S/C28H46N4O6/c1-17(2)13-14-18(3)32(25(36)21(16-22(29)34)30-26(37)38-28(7,8)9)23(24(35)31-27(4,5)6)19-11-10-12-20(33)15-19/h10-12,15,17-18,21,23,33H,13-14,16H2,1-9H3,(H2,29,34)(H,30,37)(H,31,35). The van der Waals surface area contributed by atoms with Crippen LogP contribution in [0.5, 0.6) is 5.75 Å². The number of amides is 4. The van der Waals surface area contributed by atoms with Gasteiger partial charge in [0, 0.05) is 11.6 Å². The second-order valence-corrected chi connectivity index (χ2v) is 12.2. The summed E-state index contributed by atoms with van der Waals surface area (Å²) in [4.78, 5) is 53.8. The first-order valence-electron chi connectivity index (χ1n) is 13.0. The molecule has 0 bridgehead atoms. The first-order chi connectivity index (χ1) is 17.3. The molecule has 38 heavy (non-hydrogen) atoms. The molecule has 214 valence electrons. The van der Waals surface area contributed by atoms with Crippen molar-refractivity contribution in [2.45, 2.75) is 111 Å². The van der Waals surface area contributed by atoms with Crippen LogP contribution in [0.4, 0.5) is 4.79 Å². The van der Waals surface area contributed by atoms with E-state index in [0.717, 1.165) is 6.42 Å². The highest BCUT2D eigenvalue weighted by Gasteiger charge is 2.40. The van der Waals surface area contributed by atoms with E-state index >= 15 is 0 Å². The highest BCUT2D eigenvalue weighted by molar-refractivity contribution is 5.95. The van der Waals surface area contributed by atoms with Gasteiger partial charge in [-0.15, -0.1) is 0 Å². The molecule has 0 radical (unpaired) electrons. The molecule has 1 aromatic carbocycles. The van der Waals surface area contributed by atoms with Crippen LogP contribution in [-0.2, 0) is 19.1 Å². The first-order valence-corrected chi connectivity index (χ1v) is 13.0. The second-order valence-electron chi connectivity index (χ2n) is 12.2. The number of alkyl carbamates (subject to hydrolysis) is 1. The van der Waals surface area contributed by atoms with Gasteiger partial charge < -0.3 is 31.1 Å². The van der Waals surface area contributed by atoms with E-state index in [9.17, 15) is 24.3 Å². The summed E-state index contributed by atoms with van der Waals surface area (Å²) in [7, 11) is 0. The Morgan fingerprint density at radius 1 is 1.03 bits per heavy atom. The minimum absolute atomic E-state index is 0.0705.